The topological polar surface area (TPSA) is 35.5 Å². The van der Waals surface area contributed by atoms with Gasteiger partial charge in [-0.3, -0.25) is 4.90 Å². The van der Waals surface area contributed by atoms with Gasteiger partial charge in [-0.1, -0.05) is 18.9 Å². The number of phenols is 1. The van der Waals surface area contributed by atoms with Gasteiger partial charge in [0.15, 0.2) is 0 Å². The van der Waals surface area contributed by atoms with E-state index < -0.39 is 0 Å². The molecule has 0 amide bonds. The van der Waals surface area contributed by atoms with Crippen LogP contribution in [0.5, 0.6) is 5.75 Å². The molecule has 1 aromatic carbocycles. The summed E-state index contributed by atoms with van der Waals surface area (Å²) in [6, 6.07) is 6.55. The lowest BCUT2D eigenvalue weighted by Crippen LogP contribution is -2.46. The third kappa shape index (κ3) is 4.51. The van der Waals surface area contributed by atoms with Crippen LogP contribution in [0.15, 0.2) is 22.7 Å². The number of aromatic hydroxyl groups is 1. The number of hydrogen-bond donors (Lipinski definition) is 2. The van der Waals surface area contributed by atoms with Crippen molar-refractivity contribution in [1.29, 1.82) is 0 Å². The Morgan fingerprint density at radius 3 is 2.36 bits per heavy atom. The van der Waals surface area contributed by atoms with Gasteiger partial charge in [0.25, 0.3) is 0 Å². The zero-order chi connectivity index (χ0) is 13.9. The molecule has 6 heteroatoms. The molecule has 2 aliphatic rings. The quantitative estimate of drug-likeness (QED) is 0.784. The fraction of sp³-hybridized carbons (Fsp3) is 0.625. The molecule has 126 valence electrons. The molecule has 3 rings (SSSR count). The largest absolute Gasteiger partial charge is 0.507 e. The van der Waals surface area contributed by atoms with Gasteiger partial charge in [-0.25, -0.2) is 0 Å². The van der Waals surface area contributed by atoms with Crippen LogP contribution in [0.2, 0.25) is 0 Å². The number of nitrogens with zero attached hydrogens (tertiary/aromatic N) is 1. The molecule has 2 fully saturated rings. The van der Waals surface area contributed by atoms with Crippen LogP contribution in [0.3, 0.4) is 0 Å². The maximum absolute atomic E-state index is 9.73. The normalized spacial score (nSPS) is 21.0. The Labute approximate surface area is 153 Å². The first kappa shape index (κ1) is 20.0. The maximum Gasteiger partial charge on any atom is 0.129 e. The molecule has 0 unspecified atom stereocenters. The monoisotopic (exact) mass is 410 g/mol. The van der Waals surface area contributed by atoms with Crippen molar-refractivity contribution in [3.05, 3.63) is 28.2 Å². The molecule has 0 spiro atoms. The first-order chi connectivity index (χ1) is 9.75. The number of rotatable bonds is 3. The number of hydrogen-bond acceptors (Lipinski definition) is 3. The zero-order valence-electron chi connectivity index (χ0n) is 12.6. The third-order valence-corrected chi connectivity index (χ3v) is 5.34. The molecule has 1 aromatic rings. The fourth-order valence-corrected chi connectivity index (χ4v) is 4.12. The molecule has 1 saturated carbocycles. The Bertz CT molecular complexity index is 463. The summed E-state index contributed by atoms with van der Waals surface area (Å²) < 4.78 is 0.813. The average Bonchev–Trinajstić information content (AvgIpc) is 2.98. The summed E-state index contributed by atoms with van der Waals surface area (Å²) in [6.07, 6.45) is 5.42. The van der Waals surface area contributed by atoms with Crippen LogP contribution >= 0.6 is 40.7 Å². The summed E-state index contributed by atoms with van der Waals surface area (Å²) in [7, 11) is 0. The van der Waals surface area contributed by atoms with Crippen molar-refractivity contribution in [3.8, 4) is 5.75 Å². The molecule has 1 atom stereocenters. The van der Waals surface area contributed by atoms with Crippen molar-refractivity contribution < 1.29 is 5.11 Å². The van der Waals surface area contributed by atoms with Gasteiger partial charge in [-0.2, -0.15) is 0 Å². The molecule has 0 aromatic heterocycles. The van der Waals surface area contributed by atoms with Crippen LogP contribution in [-0.2, 0) is 0 Å². The van der Waals surface area contributed by atoms with Gasteiger partial charge < -0.3 is 10.4 Å². The van der Waals surface area contributed by atoms with Crippen molar-refractivity contribution >= 4 is 40.7 Å². The van der Waals surface area contributed by atoms with E-state index in [4.69, 9.17) is 0 Å². The zero-order valence-corrected chi connectivity index (χ0v) is 15.9. The van der Waals surface area contributed by atoms with Crippen molar-refractivity contribution in [1.82, 2.24) is 10.2 Å². The minimum Gasteiger partial charge on any atom is -0.507 e. The average molecular weight is 412 g/mol. The summed E-state index contributed by atoms with van der Waals surface area (Å²) in [4.78, 5) is 2.63. The molecule has 1 heterocycles. The van der Waals surface area contributed by atoms with E-state index in [9.17, 15) is 5.11 Å². The van der Waals surface area contributed by atoms with Crippen molar-refractivity contribution in [2.45, 2.75) is 31.7 Å². The maximum atomic E-state index is 9.73. The highest BCUT2D eigenvalue weighted by Crippen LogP contribution is 2.41. The van der Waals surface area contributed by atoms with E-state index >= 15 is 0 Å². The lowest BCUT2D eigenvalue weighted by Gasteiger charge is -2.38. The SMILES string of the molecule is Cl.Cl.Oc1ccc([C@@H](C2CCCC2)N2CCNCC2)cc1Br. The van der Waals surface area contributed by atoms with Gasteiger partial charge >= 0.3 is 0 Å². The molecule has 1 aliphatic carbocycles. The summed E-state index contributed by atoms with van der Waals surface area (Å²) >= 11 is 3.47. The molecule has 22 heavy (non-hydrogen) atoms. The number of phenolic OH excluding ortho intramolecular Hbond substituents is 1. The predicted octanol–water partition coefficient (Wildman–Crippen LogP) is 4.13. The second kappa shape index (κ2) is 9.33. The molecule has 1 saturated heterocycles. The van der Waals surface area contributed by atoms with E-state index in [1.807, 2.05) is 6.07 Å². The second-order valence-electron chi connectivity index (χ2n) is 5.99. The molecular weight excluding hydrogens is 387 g/mol. The minimum atomic E-state index is 0. The Morgan fingerprint density at radius 1 is 1.14 bits per heavy atom. The first-order valence-electron chi connectivity index (χ1n) is 7.69. The highest BCUT2D eigenvalue weighted by molar-refractivity contribution is 9.10. The van der Waals surface area contributed by atoms with Crippen LogP contribution < -0.4 is 5.32 Å². The molecule has 2 N–H and O–H groups in total. The van der Waals surface area contributed by atoms with Crippen LogP contribution in [0.4, 0.5) is 0 Å². The number of nitrogens with one attached hydrogen (secondary N) is 1. The minimum absolute atomic E-state index is 0. The highest BCUT2D eigenvalue weighted by atomic mass is 79.9. The molecule has 0 radical (unpaired) electrons. The van der Waals surface area contributed by atoms with E-state index in [1.54, 1.807) is 0 Å². The summed E-state index contributed by atoms with van der Waals surface area (Å²) in [5.41, 5.74) is 1.35. The van der Waals surface area contributed by atoms with E-state index in [0.717, 1.165) is 36.6 Å². The summed E-state index contributed by atoms with van der Waals surface area (Å²) in [5.74, 6) is 1.10. The highest BCUT2D eigenvalue weighted by Gasteiger charge is 2.32. The summed E-state index contributed by atoms with van der Waals surface area (Å²) in [6.45, 7) is 4.42. The molecule has 1 aliphatic heterocycles. The lowest BCUT2D eigenvalue weighted by molar-refractivity contribution is 0.125. The fourth-order valence-electron chi connectivity index (χ4n) is 3.72. The third-order valence-electron chi connectivity index (χ3n) is 4.70. The number of halogens is 3. The number of benzene rings is 1. The van der Waals surface area contributed by atoms with E-state index in [1.165, 1.54) is 31.2 Å². The predicted molar refractivity (Wildman–Crippen MR) is 99.4 cm³/mol. The van der Waals surface area contributed by atoms with Gasteiger partial charge in [0.05, 0.1) is 4.47 Å². The Balaban J connectivity index is 0.00000121. The van der Waals surface area contributed by atoms with Crippen LogP contribution in [0.25, 0.3) is 0 Å². The summed E-state index contributed by atoms with van der Waals surface area (Å²) in [5, 5.41) is 13.2. The van der Waals surface area contributed by atoms with E-state index in [-0.39, 0.29) is 24.8 Å². The molecule has 0 bridgehead atoms. The van der Waals surface area contributed by atoms with Crippen LogP contribution in [0, 0.1) is 5.92 Å². The second-order valence-corrected chi connectivity index (χ2v) is 6.84. The number of piperazine rings is 1. The molecular formula is C16H25BrCl2N2O. The lowest BCUT2D eigenvalue weighted by atomic mass is 9.89. The van der Waals surface area contributed by atoms with Crippen LogP contribution in [-0.4, -0.2) is 36.2 Å². The van der Waals surface area contributed by atoms with Crippen molar-refractivity contribution in [2.24, 2.45) is 5.92 Å². The van der Waals surface area contributed by atoms with Crippen molar-refractivity contribution in [2.75, 3.05) is 26.2 Å². The van der Waals surface area contributed by atoms with E-state index in [0.29, 0.717) is 11.8 Å². The Kier molecular flexibility index (Phi) is 8.50. The van der Waals surface area contributed by atoms with Crippen molar-refractivity contribution in [3.63, 3.8) is 0 Å². The smallest absolute Gasteiger partial charge is 0.129 e. The molecule has 3 nitrogen and oxygen atoms in total. The Hall–Kier alpha value is -0.000000000000000111. The van der Waals surface area contributed by atoms with Gasteiger partial charge in [0.2, 0.25) is 0 Å². The Morgan fingerprint density at radius 2 is 1.77 bits per heavy atom. The van der Waals surface area contributed by atoms with E-state index in [2.05, 4.69) is 38.3 Å². The standard InChI is InChI=1S/C16H23BrN2O.2ClH/c17-14-11-13(5-6-15(14)20)16(12-3-1-2-4-12)19-9-7-18-8-10-19;;/h5-6,11-12,16,18,20H,1-4,7-10H2;2*1H/t16-;;/m1../s1. The first-order valence-corrected chi connectivity index (χ1v) is 8.48. The van der Waals surface area contributed by atoms with Gasteiger partial charge in [0, 0.05) is 32.2 Å². The van der Waals surface area contributed by atoms with Gasteiger partial charge in [0.1, 0.15) is 5.75 Å². The van der Waals surface area contributed by atoms with Gasteiger partial charge in [-0.15, -0.1) is 24.8 Å². The van der Waals surface area contributed by atoms with Gasteiger partial charge in [-0.05, 0) is 52.4 Å². The van der Waals surface area contributed by atoms with Crippen LogP contribution in [0.1, 0.15) is 37.3 Å².